The Bertz CT molecular complexity index is 826. The van der Waals surface area contributed by atoms with Gasteiger partial charge in [0.25, 0.3) is 5.91 Å². The van der Waals surface area contributed by atoms with Crippen molar-refractivity contribution in [1.29, 1.82) is 0 Å². The molecule has 0 aliphatic carbocycles. The van der Waals surface area contributed by atoms with Crippen LogP contribution in [-0.4, -0.2) is 31.1 Å². The highest BCUT2D eigenvalue weighted by atomic mass is 16.2. The van der Waals surface area contributed by atoms with E-state index in [0.29, 0.717) is 17.7 Å². The molecule has 6 heteroatoms. The molecule has 3 rings (SSSR count). The van der Waals surface area contributed by atoms with Gasteiger partial charge in [-0.1, -0.05) is 12.1 Å². The molecule has 0 spiro atoms. The summed E-state index contributed by atoms with van der Waals surface area (Å²) in [5.41, 5.74) is 4.28. The summed E-state index contributed by atoms with van der Waals surface area (Å²) in [4.78, 5) is 23.8. The maximum Gasteiger partial charge on any atom is 0.255 e. The standard InChI is InChI=1S/C20H22N4O2/c1-14-11-12-24(23-14)18-9-5-16(6-10-18)20(26)22-17-7-3-15(4-8-17)13-19(25)21-2/h3-10H,11-13H2,1-2H3,(H,21,25)(H,22,26). The second-order valence-corrected chi connectivity index (χ2v) is 6.26. The van der Waals surface area contributed by atoms with Gasteiger partial charge in [-0.25, -0.2) is 0 Å². The molecule has 0 saturated carbocycles. The summed E-state index contributed by atoms with van der Waals surface area (Å²) in [5.74, 6) is -0.212. The van der Waals surface area contributed by atoms with E-state index in [4.69, 9.17) is 0 Å². The summed E-state index contributed by atoms with van der Waals surface area (Å²) in [5, 5.41) is 11.9. The van der Waals surface area contributed by atoms with E-state index < -0.39 is 0 Å². The molecule has 2 amide bonds. The van der Waals surface area contributed by atoms with Gasteiger partial charge in [0.05, 0.1) is 12.1 Å². The smallest absolute Gasteiger partial charge is 0.255 e. The molecule has 1 aliphatic heterocycles. The monoisotopic (exact) mass is 350 g/mol. The van der Waals surface area contributed by atoms with Crippen LogP contribution in [-0.2, 0) is 11.2 Å². The van der Waals surface area contributed by atoms with E-state index in [1.165, 1.54) is 0 Å². The highest BCUT2D eigenvalue weighted by Crippen LogP contribution is 2.20. The molecular formula is C20H22N4O2. The summed E-state index contributed by atoms with van der Waals surface area (Å²) >= 11 is 0. The zero-order valence-electron chi connectivity index (χ0n) is 15.0. The number of amides is 2. The van der Waals surface area contributed by atoms with Crippen molar-refractivity contribution < 1.29 is 9.59 Å². The summed E-state index contributed by atoms with van der Waals surface area (Å²) in [6.45, 7) is 2.89. The van der Waals surface area contributed by atoms with Crippen LogP contribution in [0.1, 0.15) is 29.3 Å². The topological polar surface area (TPSA) is 73.8 Å². The van der Waals surface area contributed by atoms with Crippen molar-refractivity contribution in [3.63, 3.8) is 0 Å². The lowest BCUT2D eigenvalue weighted by atomic mass is 10.1. The third-order valence-corrected chi connectivity index (χ3v) is 4.26. The minimum absolute atomic E-state index is 0.0422. The molecule has 6 nitrogen and oxygen atoms in total. The Morgan fingerprint density at radius 2 is 1.77 bits per heavy atom. The average Bonchev–Trinajstić information content (AvgIpc) is 3.09. The molecule has 0 fully saturated rings. The average molecular weight is 350 g/mol. The molecule has 0 saturated heterocycles. The molecule has 1 aliphatic rings. The molecule has 0 bridgehead atoms. The molecule has 2 N–H and O–H groups in total. The SMILES string of the molecule is CNC(=O)Cc1ccc(NC(=O)c2ccc(N3CCC(C)=N3)cc2)cc1. The van der Waals surface area contributed by atoms with Crippen LogP contribution < -0.4 is 15.6 Å². The number of rotatable bonds is 5. The second-order valence-electron chi connectivity index (χ2n) is 6.26. The van der Waals surface area contributed by atoms with Crippen LogP contribution in [0, 0.1) is 0 Å². The molecule has 134 valence electrons. The molecule has 0 aromatic heterocycles. The highest BCUT2D eigenvalue weighted by molar-refractivity contribution is 6.04. The lowest BCUT2D eigenvalue weighted by molar-refractivity contribution is -0.119. The summed E-state index contributed by atoms with van der Waals surface area (Å²) in [6.07, 6.45) is 1.29. The zero-order chi connectivity index (χ0) is 18.5. The Balaban J connectivity index is 1.62. The first-order valence-corrected chi connectivity index (χ1v) is 8.58. The largest absolute Gasteiger partial charge is 0.359 e. The van der Waals surface area contributed by atoms with Gasteiger partial charge < -0.3 is 10.6 Å². The van der Waals surface area contributed by atoms with Crippen LogP contribution in [0.25, 0.3) is 0 Å². The van der Waals surface area contributed by atoms with Gasteiger partial charge in [-0.15, -0.1) is 0 Å². The number of benzene rings is 2. The minimum atomic E-state index is -0.170. The Morgan fingerprint density at radius 3 is 2.35 bits per heavy atom. The normalized spacial score (nSPS) is 13.3. The second kappa shape index (κ2) is 7.82. The maximum absolute atomic E-state index is 12.4. The molecule has 0 atom stereocenters. The van der Waals surface area contributed by atoms with Crippen LogP contribution in [0.2, 0.25) is 0 Å². The molecule has 1 heterocycles. The lowest BCUT2D eigenvalue weighted by Crippen LogP contribution is -2.19. The predicted octanol–water partition coefficient (Wildman–Crippen LogP) is 2.81. The number of hydrogen-bond donors (Lipinski definition) is 2. The number of hydrogen-bond acceptors (Lipinski definition) is 4. The Labute approximate surface area is 152 Å². The van der Waals surface area contributed by atoms with Gasteiger partial charge in [0.2, 0.25) is 5.91 Å². The molecule has 0 unspecified atom stereocenters. The Kier molecular flexibility index (Phi) is 5.31. The van der Waals surface area contributed by atoms with Crippen molar-refractivity contribution in [2.24, 2.45) is 5.10 Å². The quantitative estimate of drug-likeness (QED) is 0.871. The van der Waals surface area contributed by atoms with E-state index >= 15 is 0 Å². The molecular weight excluding hydrogens is 328 g/mol. The highest BCUT2D eigenvalue weighted by Gasteiger charge is 2.13. The number of nitrogens with one attached hydrogen (secondary N) is 2. The zero-order valence-corrected chi connectivity index (χ0v) is 15.0. The number of anilines is 2. The van der Waals surface area contributed by atoms with Gasteiger partial charge in [-0.2, -0.15) is 5.10 Å². The van der Waals surface area contributed by atoms with Crippen LogP contribution >= 0.6 is 0 Å². The van der Waals surface area contributed by atoms with Crippen molar-refractivity contribution in [2.45, 2.75) is 19.8 Å². The fraction of sp³-hybridized carbons (Fsp3) is 0.250. The molecule has 2 aromatic rings. The third-order valence-electron chi connectivity index (χ3n) is 4.26. The van der Waals surface area contributed by atoms with Gasteiger partial charge >= 0.3 is 0 Å². The van der Waals surface area contributed by atoms with Crippen LogP contribution in [0.5, 0.6) is 0 Å². The first-order chi connectivity index (χ1) is 12.5. The number of nitrogens with zero attached hydrogens (tertiary/aromatic N) is 2. The fourth-order valence-electron chi connectivity index (χ4n) is 2.73. The first-order valence-electron chi connectivity index (χ1n) is 8.58. The first kappa shape index (κ1) is 17.7. The number of carbonyl (C=O) groups is 2. The van der Waals surface area contributed by atoms with Crippen molar-refractivity contribution in [2.75, 3.05) is 23.9 Å². The van der Waals surface area contributed by atoms with Crippen LogP contribution in [0.3, 0.4) is 0 Å². The van der Waals surface area contributed by atoms with Crippen molar-refractivity contribution in [3.8, 4) is 0 Å². The summed E-state index contributed by atoms with van der Waals surface area (Å²) in [6, 6.07) is 14.7. The van der Waals surface area contributed by atoms with Crippen LogP contribution in [0.4, 0.5) is 11.4 Å². The van der Waals surface area contributed by atoms with E-state index in [1.54, 1.807) is 31.3 Å². The fourth-order valence-corrected chi connectivity index (χ4v) is 2.73. The lowest BCUT2D eigenvalue weighted by Gasteiger charge is -2.14. The van der Waals surface area contributed by atoms with Gasteiger partial charge in [-0.05, 0) is 48.9 Å². The van der Waals surface area contributed by atoms with E-state index in [9.17, 15) is 9.59 Å². The molecule has 2 aromatic carbocycles. The third kappa shape index (κ3) is 4.27. The Hall–Kier alpha value is -3.15. The van der Waals surface area contributed by atoms with Crippen molar-refractivity contribution >= 4 is 28.9 Å². The number of likely N-dealkylation sites (N-methyl/N-ethyl adjacent to an activating group) is 1. The van der Waals surface area contributed by atoms with Gasteiger partial charge in [0.1, 0.15) is 0 Å². The van der Waals surface area contributed by atoms with E-state index in [-0.39, 0.29) is 11.8 Å². The number of carbonyl (C=O) groups excluding carboxylic acids is 2. The van der Waals surface area contributed by atoms with Gasteiger partial charge in [0.15, 0.2) is 0 Å². The molecule has 26 heavy (non-hydrogen) atoms. The van der Waals surface area contributed by atoms with Crippen molar-refractivity contribution in [1.82, 2.24) is 5.32 Å². The predicted molar refractivity (Wildman–Crippen MR) is 104 cm³/mol. The van der Waals surface area contributed by atoms with Crippen molar-refractivity contribution in [3.05, 3.63) is 59.7 Å². The minimum Gasteiger partial charge on any atom is -0.359 e. The van der Waals surface area contributed by atoms with E-state index in [0.717, 1.165) is 29.9 Å². The van der Waals surface area contributed by atoms with Gasteiger partial charge in [0, 0.05) is 37.0 Å². The summed E-state index contributed by atoms with van der Waals surface area (Å²) in [7, 11) is 1.61. The molecule has 0 radical (unpaired) electrons. The maximum atomic E-state index is 12.4. The number of hydrazone groups is 1. The summed E-state index contributed by atoms with van der Waals surface area (Å²) < 4.78 is 0. The Morgan fingerprint density at radius 1 is 1.08 bits per heavy atom. The van der Waals surface area contributed by atoms with Crippen LogP contribution in [0.15, 0.2) is 53.6 Å². The van der Waals surface area contributed by atoms with Gasteiger partial charge in [-0.3, -0.25) is 14.6 Å². The van der Waals surface area contributed by atoms with E-state index in [1.807, 2.05) is 36.2 Å². The van der Waals surface area contributed by atoms with E-state index in [2.05, 4.69) is 15.7 Å².